The van der Waals surface area contributed by atoms with Gasteiger partial charge in [-0.3, -0.25) is 4.79 Å². The summed E-state index contributed by atoms with van der Waals surface area (Å²) in [6.45, 7) is 5.17. The zero-order chi connectivity index (χ0) is 21.9. The Morgan fingerprint density at radius 3 is 2.07 bits per heavy atom. The normalized spacial score (nSPS) is 11.9. The van der Waals surface area contributed by atoms with E-state index in [-0.39, 0.29) is 16.8 Å². The molecule has 29 heavy (non-hydrogen) atoms. The van der Waals surface area contributed by atoms with Crippen LogP contribution in [0.2, 0.25) is 0 Å². The molecule has 2 rings (SSSR count). The van der Waals surface area contributed by atoms with E-state index in [9.17, 15) is 26.4 Å². The van der Waals surface area contributed by atoms with E-state index in [2.05, 4.69) is 6.58 Å². The molecule has 0 aromatic heterocycles. The Balaban J connectivity index is 2.39. The van der Waals surface area contributed by atoms with Crippen molar-refractivity contribution in [1.82, 2.24) is 9.62 Å². The molecule has 154 valence electrons. The Morgan fingerprint density at radius 2 is 1.55 bits per heavy atom. The van der Waals surface area contributed by atoms with Gasteiger partial charge in [0.25, 0.3) is 15.9 Å². The van der Waals surface area contributed by atoms with Gasteiger partial charge in [-0.2, -0.15) is 0 Å². The Morgan fingerprint density at radius 1 is 1.03 bits per heavy atom. The highest BCUT2D eigenvalue weighted by atomic mass is 32.2. The number of hydrogen-bond acceptors (Lipinski definition) is 4. The molecule has 0 fully saturated rings. The second-order valence-electron chi connectivity index (χ2n) is 6.37. The van der Waals surface area contributed by atoms with Crippen LogP contribution in [0.3, 0.4) is 0 Å². The van der Waals surface area contributed by atoms with Gasteiger partial charge >= 0.3 is 0 Å². The highest BCUT2D eigenvalue weighted by Crippen LogP contribution is 2.25. The van der Waals surface area contributed by atoms with Gasteiger partial charge in [-0.25, -0.2) is 26.3 Å². The molecule has 1 N–H and O–H groups in total. The van der Waals surface area contributed by atoms with E-state index < -0.39 is 38.3 Å². The molecule has 2 aromatic rings. The molecule has 0 spiro atoms. The minimum Gasteiger partial charge on any atom is -0.377 e. The minimum atomic E-state index is -4.83. The number of benzene rings is 2. The van der Waals surface area contributed by atoms with Crippen molar-refractivity contribution in [3.8, 4) is 0 Å². The molecular weight excluding hydrogens is 405 g/mol. The van der Waals surface area contributed by atoms with E-state index in [1.165, 1.54) is 23.1 Å². The van der Waals surface area contributed by atoms with Gasteiger partial charge in [0.15, 0.2) is 4.90 Å². The quantitative estimate of drug-likeness (QED) is 0.570. The number of halogens is 3. The monoisotopic (exact) mass is 424 g/mol. The molecule has 0 atom stereocenters. The zero-order valence-corrected chi connectivity index (χ0v) is 16.8. The molecule has 0 bridgehead atoms. The van der Waals surface area contributed by atoms with Crippen LogP contribution in [0.1, 0.15) is 11.1 Å². The Labute approximate surface area is 167 Å². The lowest BCUT2D eigenvalue weighted by atomic mass is 10.0. The summed E-state index contributed by atoms with van der Waals surface area (Å²) in [5, 5.41) is 0. The third-order valence-corrected chi connectivity index (χ3v) is 5.36. The van der Waals surface area contributed by atoms with Gasteiger partial charge in [0.2, 0.25) is 0 Å². The average molecular weight is 424 g/mol. The maximum Gasteiger partial charge on any atom is 0.270 e. The SMILES string of the molecule is C=C(/C=C(/c1c(C)cccc1F)N(C)C)C(=O)NS(=O)(=O)c1c(F)cccc1F. The zero-order valence-electron chi connectivity index (χ0n) is 16.0. The fraction of sp³-hybridized carbons (Fsp3) is 0.150. The van der Waals surface area contributed by atoms with Crippen molar-refractivity contribution in [1.29, 1.82) is 0 Å². The second kappa shape index (κ2) is 8.52. The Bertz CT molecular complexity index is 1070. The largest absolute Gasteiger partial charge is 0.377 e. The minimum absolute atomic E-state index is 0.203. The van der Waals surface area contributed by atoms with E-state index in [0.29, 0.717) is 5.56 Å². The standard InChI is InChI=1S/C20H19F3N2O3S/c1-12-7-5-8-14(21)18(12)17(25(3)4)11-13(2)20(26)24-29(27,28)19-15(22)9-6-10-16(19)23/h5-11H,2H2,1,3-4H3,(H,24,26)/b17-11-. The summed E-state index contributed by atoms with van der Waals surface area (Å²) >= 11 is 0. The fourth-order valence-corrected chi connectivity index (χ4v) is 3.72. The van der Waals surface area contributed by atoms with E-state index in [0.717, 1.165) is 18.2 Å². The number of amides is 1. The lowest BCUT2D eigenvalue weighted by Gasteiger charge is -2.20. The first-order valence-corrected chi connectivity index (χ1v) is 9.78. The Hall–Kier alpha value is -3.07. The van der Waals surface area contributed by atoms with Crippen molar-refractivity contribution in [2.24, 2.45) is 0 Å². The number of aryl methyl sites for hydroxylation is 1. The highest BCUT2D eigenvalue weighted by Gasteiger charge is 2.26. The first-order chi connectivity index (χ1) is 13.5. The van der Waals surface area contributed by atoms with Gasteiger partial charge in [-0.15, -0.1) is 0 Å². The van der Waals surface area contributed by atoms with Crippen LogP contribution in [0.4, 0.5) is 13.2 Å². The first-order valence-electron chi connectivity index (χ1n) is 8.30. The molecule has 0 saturated heterocycles. The van der Waals surface area contributed by atoms with Gasteiger partial charge in [-0.1, -0.05) is 24.8 Å². The third-order valence-electron chi connectivity index (χ3n) is 3.98. The predicted octanol–water partition coefficient (Wildman–Crippen LogP) is 3.38. The molecule has 0 unspecified atom stereocenters. The third kappa shape index (κ3) is 4.86. The van der Waals surface area contributed by atoms with Gasteiger partial charge in [0, 0.05) is 30.9 Å². The molecular formula is C20H19F3N2O3S. The van der Waals surface area contributed by atoms with Crippen molar-refractivity contribution >= 4 is 21.6 Å². The van der Waals surface area contributed by atoms with Crippen molar-refractivity contribution in [3.63, 3.8) is 0 Å². The molecule has 0 radical (unpaired) electrons. The fourth-order valence-electron chi connectivity index (χ4n) is 2.59. The summed E-state index contributed by atoms with van der Waals surface area (Å²) in [6.07, 6.45) is 1.19. The lowest BCUT2D eigenvalue weighted by molar-refractivity contribution is -0.115. The van der Waals surface area contributed by atoms with Crippen LogP contribution in [-0.2, 0) is 14.8 Å². The van der Waals surface area contributed by atoms with Gasteiger partial charge < -0.3 is 4.90 Å². The van der Waals surface area contributed by atoms with Crippen LogP contribution in [0, 0.1) is 24.4 Å². The maximum absolute atomic E-state index is 14.3. The van der Waals surface area contributed by atoms with E-state index in [1.54, 1.807) is 31.8 Å². The number of hydrogen-bond donors (Lipinski definition) is 1. The maximum atomic E-state index is 14.3. The topological polar surface area (TPSA) is 66.5 Å². The van der Waals surface area contributed by atoms with Crippen LogP contribution in [0.5, 0.6) is 0 Å². The summed E-state index contributed by atoms with van der Waals surface area (Å²) in [5.41, 5.74) is 0.695. The lowest BCUT2D eigenvalue weighted by Crippen LogP contribution is -2.32. The summed E-state index contributed by atoms with van der Waals surface area (Å²) < 4.78 is 67.9. The summed E-state index contributed by atoms with van der Waals surface area (Å²) in [5.74, 6) is -4.44. The van der Waals surface area contributed by atoms with Gasteiger partial charge in [-0.05, 0) is 36.8 Å². The van der Waals surface area contributed by atoms with Gasteiger partial charge in [0.05, 0.1) is 0 Å². The molecule has 0 heterocycles. The number of sulfonamides is 1. The number of carbonyl (C=O) groups is 1. The van der Waals surface area contributed by atoms with E-state index in [4.69, 9.17) is 0 Å². The Kier molecular flexibility index (Phi) is 6.53. The molecule has 2 aromatic carbocycles. The highest BCUT2D eigenvalue weighted by molar-refractivity contribution is 7.90. The van der Waals surface area contributed by atoms with Crippen LogP contribution in [0.25, 0.3) is 5.70 Å². The first kappa shape index (κ1) is 22.2. The number of rotatable bonds is 6. The second-order valence-corrected chi connectivity index (χ2v) is 7.99. The smallest absolute Gasteiger partial charge is 0.270 e. The molecule has 0 aliphatic heterocycles. The van der Waals surface area contributed by atoms with Crippen LogP contribution in [0.15, 0.2) is 59.5 Å². The van der Waals surface area contributed by atoms with Crippen molar-refractivity contribution in [2.75, 3.05) is 14.1 Å². The molecule has 0 aliphatic rings. The number of nitrogens with zero attached hydrogens (tertiary/aromatic N) is 1. The average Bonchev–Trinajstić information content (AvgIpc) is 2.59. The molecule has 9 heteroatoms. The van der Waals surface area contributed by atoms with Crippen molar-refractivity contribution < 1.29 is 26.4 Å². The number of carbonyl (C=O) groups excluding carboxylic acids is 1. The summed E-state index contributed by atoms with van der Waals surface area (Å²) in [6, 6.07) is 6.94. The van der Waals surface area contributed by atoms with Crippen molar-refractivity contribution in [2.45, 2.75) is 11.8 Å². The van der Waals surface area contributed by atoms with E-state index >= 15 is 0 Å². The summed E-state index contributed by atoms with van der Waals surface area (Å²) in [4.78, 5) is 12.6. The van der Waals surface area contributed by atoms with E-state index in [1.807, 2.05) is 0 Å². The number of nitrogens with one attached hydrogen (secondary N) is 1. The summed E-state index contributed by atoms with van der Waals surface area (Å²) in [7, 11) is -1.62. The molecule has 0 aliphatic carbocycles. The molecule has 5 nitrogen and oxygen atoms in total. The van der Waals surface area contributed by atoms with Gasteiger partial charge in [0.1, 0.15) is 17.5 Å². The van der Waals surface area contributed by atoms with Crippen LogP contribution < -0.4 is 4.72 Å². The van der Waals surface area contributed by atoms with Crippen molar-refractivity contribution in [3.05, 3.63) is 83.2 Å². The van der Waals surface area contributed by atoms with Crippen LogP contribution in [-0.4, -0.2) is 33.3 Å². The van der Waals surface area contributed by atoms with Crippen LogP contribution >= 0.6 is 0 Å². The predicted molar refractivity (Wildman–Crippen MR) is 104 cm³/mol. The molecule has 1 amide bonds. The molecule has 0 saturated carbocycles.